The van der Waals surface area contributed by atoms with Crippen LogP contribution >= 0.6 is 22.6 Å². The SMILES string of the molecule is CCCC1(OC(C)=O)OCCc2c1[nH]c1c(F)cc(C)c(I)c21. The maximum Gasteiger partial charge on any atom is 0.305 e. The minimum Gasteiger partial charge on any atom is -0.427 e. The van der Waals surface area contributed by atoms with Crippen LogP contribution in [0.4, 0.5) is 4.39 Å². The molecule has 0 amide bonds. The van der Waals surface area contributed by atoms with Crippen LogP contribution in [0.25, 0.3) is 10.9 Å². The summed E-state index contributed by atoms with van der Waals surface area (Å²) in [5.41, 5.74) is 3.03. The van der Waals surface area contributed by atoms with Crippen molar-refractivity contribution in [2.24, 2.45) is 0 Å². The Morgan fingerprint density at radius 2 is 2.30 bits per heavy atom. The summed E-state index contributed by atoms with van der Waals surface area (Å²) in [7, 11) is 0. The number of aromatic nitrogens is 1. The van der Waals surface area contributed by atoms with Gasteiger partial charge in [-0.3, -0.25) is 4.79 Å². The molecule has 1 atom stereocenters. The number of esters is 1. The summed E-state index contributed by atoms with van der Waals surface area (Å²) in [5.74, 6) is -1.84. The molecule has 2 heterocycles. The molecule has 6 heteroatoms. The van der Waals surface area contributed by atoms with E-state index in [1.54, 1.807) is 0 Å². The van der Waals surface area contributed by atoms with Crippen molar-refractivity contribution in [3.63, 3.8) is 0 Å². The lowest BCUT2D eigenvalue weighted by molar-refractivity contribution is -0.247. The normalized spacial score (nSPS) is 20.6. The van der Waals surface area contributed by atoms with Gasteiger partial charge in [-0.15, -0.1) is 0 Å². The topological polar surface area (TPSA) is 51.3 Å². The second kappa shape index (κ2) is 6.05. The van der Waals surface area contributed by atoms with Gasteiger partial charge in [-0.1, -0.05) is 6.92 Å². The third-order valence-electron chi connectivity index (χ3n) is 4.21. The van der Waals surface area contributed by atoms with Gasteiger partial charge in [0, 0.05) is 22.3 Å². The average molecular weight is 431 g/mol. The summed E-state index contributed by atoms with van der Waals surface area (Å²) in [6.45, 7) is 5.71. The highest BCUT2D eigenvalue weighted by Crippen LogP contribution is 2.43. The Kier molecular flexibility index (Phi) is 4.39. The van der Waals surface area contributed by atoms with Gasteiger partial charge in [-0.05, 0) is 59.5 Å². The van der Waals surface area contributed by atoms with Gasteiger partial charge in [0.1, 0.15) is 5.82 Å². The van der Waals surface area contributed by atoms with Crippen LogP contribution in [0, 0.1) is 16.3 Å². The largest absolute Gasteiger partial charge is 0.427 e. The van der Waals surface area contributed by atoms with E-state index in [9.17, 15) is 9.18 Å². The van der Waals surface area contributed by atoms with Crippen LogP contribution in [0.5, 0.6) is 0 Å². The molecular formula is C17H19FINO3. The Morgan fingerprint density at radius 3 is 2.96 bits per heavy atom. The third kappa shape index (κ3) is 2.65. The molecule has 1 aromatic carbocycles. The Morgan fingerprint density at radius 1 is 1.57 bits per heavy atom. The number of H-pyrrole nitrogens is 1. The second-order valence-corrected chi connectivity index (χ2v) is 6.99. The highest BCUT2D eigenvalue weighted by Gasteiger charge is 2.43. The van der Waals surface area contributed by atoms with Gasteiger partial charge in [0.2, 0.25) is 0 Å². The number of aryl methyl sites for hydroxylation is 1. The Hall–Kier alpha value is -1.15. The predicted octanol–water partition coefficient (Wildman–Crippen LogP) is 4.31. The number of aromatic amines is 1. The van der Waals surface area contributed by atoms with Gasteiger partial charge in [-0.25, -0.2) is 4.39 Å². The standard InChI is InChI=1S/C17H19FINO3/c1-4-6-17(23-10(3)21)16-11(5-7-22-17)13-14(19)9(2)8-12(18)15(13)20-16/h8,20H,4-7H2,1-3H3. The van der Waals surface area contributed by atoms with Gasteiger partial charge < -0.3 is 14.5 Å². The third-order valence-corrected chi connectivity index (χ3v) is 5.60. The zero-order valence-electron chi connectivity index (χ0n) is 13.4. The van der Waals surface area contributed by atoms with Crippen LogP contribution in [0.1, 0.15) is 43.5 Å². The van der Waals surface area contributed by atoms with E-state index in [-0.39, 0.29) is 5.82 Å². The molecule has 1 aromatic heterocycles. The lowest BCUT2D eigenvalue weighted by Gasteiger charge is -2.36. The van der Waals surface area contributed by atoms with E-state index in [0.29, 0.717) is 30.7 Å². The molecule has 0 spiro atoms. The Balaban J connectivity index is 2.30. The maximum absolute atomic E-state index is 14.4. The number of rotatable bonds is 3. The number of ether oxygens (including phenoxy) is 2. The van der Waals surface area contributed by atoms with Crippen LogP contribution in [0.15, 0.2) is 6.07 Å². The summed E-state index contributed by atoms with van der Waals surface area (Å²) in [6, 6.07) is 1.53. The van der Waals surface area contributed by atoms with Crippen LogP contribution in [0.3, 0.4) is 0 Å². The number of carbonyl (C=O) groups is 1. The number of hydrogen-bond acceptors (Lipinski definition) is 3. The summed E-state index contributed by atoms with van der Waals surface area (Å²) in [6.07, 6.45) is 1.98. The van der Waals surface area contributed by atoms with Crippen molar-refractivity contribution in [3.05, 3.63) is 32.3 Å². The zero-order valence-corrected chi connectivity index (χ0v) is 15.5. The van der Waals surface area contributed by atoms with Gasteiger partial charge in [0.25, 0.3) is 5.79 Å². The van der Waals surface area contributed by atoms with Crippen molar-refractivity contribution in [1.82, 2.24) is 4.98 Å². The fourth-order valence-electron chi connectivity index (χ4n) is 3.34. The number of nitrogens with one attached hydrogen (secondary N) is 1. The van der Waals surface area contributed by atoms with Crippen molar-refractivity contribution in [3.8, 4) is 0 Å². The first kappa shape index (κ1) is 16.7. The molecule has 1 aliphatic rings. The van der Waals surface area contributed by atoms with E-state index in [1.165, 1.54) is 13.0 Å². The second-order valence-electron chi connectivity index (χ2n) is 5.91. The van der Waals surface area contributed by atoms with E-state index in [4.69, 9.17) is 9.47 Å². The predicted molar refractivity (Wildman–Crippen MR) is 93.7 cm³/mol. The summed E-state index contributed by atoms with van der Waals surface area (Å²) in [4.78, 5) is 14.8. The summed E-state index contributed by atoms with van der Waals surface area (Å²) in [5, 5.41) is 0.883. The van der Waals surface area contributed by atoms with Gasteiger partial charge >= 0.3 is 5.97 Å². The highest BCUT2D eigenvalue weighted by molar-refractivity contribution is 14.1. The summed E-state index contributed by atoms with van der Waals surface area (Å²) < 4.78 is 26.9. The number of carbonyl (C=O) groups excluding carboxylic acids is 1. The molecule has 3 rings (SSSR count). The molecule has 2 aromatic rings. The fourth-order valence-corrected chi connectivity index (χ4v) is 4.09. The minimum atomic E-state index is -1.14. The molecule has 124 valence electrons. The average Bonchev–Trinajstić information content (AvgIpc) is 2.86. The van der Waals surface area contributed by atoms with E-state index in [2.05, 4.69) is 27.6 Å². The van der Waals surface area contributed by atoms with Gasteiger partial charge in [-0.2, -0.15) is 0 Å². The minimum absolute atomic E-state index is 0.291. The summed E-state index contributed by atoms with van der Waals surface area (Å²) >= 11 is 2.25. The first-order chi connectivity index (χ1) is 10.9. The van der Waals surface area contributed by atoms with Gasteiger partial charge in [0.15, 0.2) is 0 Å². The van der Waals surface area contributed by atoms with Crippen molar-refractivity contribution in [2.45, 2.75) is 45.8 Å². The highest BCUT2D eigenvalue weighted by atomic mass is 127. The van der Waals surface area contributed by atoms with Crippen molar-refractivity contribution in [2.75, 3.05) is 6.61 Å². The van der Waals surface area contributed by atoms with Crippen molar-refractivity contribution < 1.29 is 18.7 Å². The first-order valence-electron chi connectivity index (χ1n) is 7.72. The molecule has 0 fully saturated rings. The zero-order chi connectivity index (χ0) is 16.8. The Bertz CT molecular complexity index is 786. The number of halogens is 2. The molecule has 1 aliphatic heterocycles. The molecular weight excluding hydrogens is 412 g/mol. The lowest BCUT2D eigenvalue weighted by Crippen LogP contribution is -2.39. The smallest absolute Gasteiger partial charge is 0.305 e. The first-order valence-corrected chi connectivity index (χ1v) is 8.80. The molecule has 4 nitrogen and oxygen atoms in total. The molecule has 1 N–H and O–H groups in total. The fraction of sp³-hybridized carbons (Fsp3) is 0.471. The molecule has 0 aliphatic carbocycles. The van der Waals surface area contributed by atoms with Crippen molar-refractivity contribution >= 4 is 39.5 Å². The van der Waals surface area contributed by atoms with Crippen LogP contribution < -0.4 is 0 Å². The molecule has 1 unspecified atom stereocenters. The molecule has 0 bridgehead atoms. The maximum atomic E-state index is 14.4. The van der Waals surface area contributed by atoms with Crippen LogP contribution in [-0.4, -0.2) is 17.6 Å². The van der Waals surface area contributed by atoms with Crippen LogP contribution in [0.2, 0.25) is 0 Å². The Labute approximate surface area is 147 Å². The van der Waals surface area contributed by atoms with Crippen molar-refractivity contribution in [1.29, 1.82) is 0 Å². The number of hydrogen-bond donors (Lipinski definition) is 1. The number of fused-ring (bicyclic) bond motifs is 3. The number of benzene rings is 1. The lowest BCUT2D eigenvalue weighted by atomic mass is 9.96. The van der Waals surface area contributed by atoms with Gasteiger partial charge in [0.05, 0.1) is 17.8 Å². The monoisotopic (exact) mass is 431 g/mol. The quantitative estimate of drug-likeness (QED) is 0.582. The molecule has 0 saturated heterocycles. The van der Waals surface area contributed by atoms with E-state index in [1.807, 2.05) is 13.8 Å². The van der Waals surface area contributed by atoms with E-state index in [0.717, 1.165) is 26.5 Å². The van der Waals surface area contributed by atoms with Crippen LogP contribution in [-0.2, 0) is 26.5 Å². The van der Waals surface area contributed by atoms with E-state index < -0.39 is 11.8 Å². The van der Waals surface area contributed by atoms with E-state index >= 15 is 0 Å². The molecule has 23 heavy (non-hydrogen) atoms. The molecule has 0 saturated carbocycles. The molecule has 0 radical (unpaired) electrons.